The Labute approximate surface area is 238 Å². The molecule has 40 heavy (non-hydrogen) atoms. The molecular formula is C28H50N10O2. The maximum Gasteiger partial charge on any atom is 0.129 e. The number of rotatable bonds is 4. The molecule has 8 unspecified atom stereocenters. The van der Waals surface area contributed by atoms with Gasteiger partial charge in [0.25, 0.3) is 0 Å². The van der Waals surface area contributed by atoms with Crippen molar-refractivity contribution in [2.45, 2.75) is 81.7 Å². The summed E-state index contributed by atoms with van der Waals surface area (Å²) in [6.07, 6.45) is 4.37. The van der Waals surface area contributed by atoms with E-state index in [1.54, 1.807) is 0 Å². The van der Waals surface area contributed by atoms with Crippen molar-refractivity contribution in [1.29, 1.82) is 0 Å². The highest BCUT2D eigenvalue weighted by Crippen LogP contribution is 2.39. The van der Waals surface area contributed by atoms with E-state index in [1.807, 2.05) is 7.11 Å². The monoisotopic (exact) mass is 558 g/mol. The molecule has 0 aliphatic carbocycles. The average Bonchev–Trinajstić information content (AvgIpc) is 3.60. The molecule has 0 aromatic carbocycles. The van der Waals surface area contributed by atoms with Crippen molar-refractivity contribution in [2.24, 2.45) is 18.9 Å². The van der Waals surface area contributed by atoms with Crippen molar-refractivity contribution < 1.29 is 9.47 Å². The second-order valence-electron chi connectivity index (χ2n) is 12.9. The molecule has 6 aliphatic heterocycles. The Hall–Kier alpha value is -1.16. The van der Waals surface area contributed by atoms with E-state index < -0.39 is 0 Å². The third-order valence-corrected chi connectivity index (χ3v) is 10.5. The minimum absolute atomic E-state index is 0.0518. The van der Waals surface area contributed by atoms with E-state index in [0.717, 1.165) is 65.1 Å². The van der Waals surface area contributed by atoms with Crippen molar-refractivity contribution in [3.8, 4) is 0 Å². The normalized spacial score (nSPS) is 42.0. The molecular weight excluding hydrogens is 508 g/mol. The summed E-state index contributed by atoms with van der Waals surface area (Å²) in [6.45, 7) is 9.06. The van der Waals surface area contributed by atoms with Crippen LogP contribution in [0.25, 0.3) is 0 Å². The van der Waals surface area contributed by atoms with Crippen LogP contribution in [-0.2, 0) is 23.1 Å². The van der Waals surface area contributed by atoms with Crippen molar-refractivity contribution in [1.82, 2.24) is 51.6 Å². The van der Waals surface area contributed by atoms with Gasteiger partial charge in [-0.3, -0.25) is 21.0 Å². The van der Waals surface area contributed by atoms with Crippen molar-refractivity contribution in [3.63, 3.8) is 0 Å². The lowest BCUT2D eigenvalue weighted by molar-refractivity contribution is -0.0791. The lowest BCUT2D eigenvalue weighted by atomic mass is 9.85. The molecule has 1 aromatic rings. The number of hydrazine groups is 2. The number of likely N-dealkylation sites (tertiary alicyclic amines) is 1. The molecule has 0 saturated carbocycles. The first-order valence-corrected chi connectivity index (χ1v) is 15.5. The van der Waals surface area contributed by atoms with Gasteiger partial charge in [-0.1, -0.05) is 0 Å². The second kappa shape index (κ2) is 11.5. The van der Waals surface area contributed by atoms with E-state index >= 15 is 0 Å². The van der Waals surface area contributed by atoms with Gasteiger partial charge in [0.2, 0.25) is 0 Å². The van der Waals surface area contributed by atoms with Crippen LogP contribution in [-0.4, -0.2) is 116 Å². The molecule has 7 heterocycles. The predicted octanol–water partition coefficient (Wildman–Crippen LogP) is -0.953. The number of fused-ring (bicyclic) bond motifs is 5. The Morgan fingerprint density at radius 2 is 1.90 bits per heavy atom. The summed E-state index contributed by atoms with van der Waals surface area (Å²) in [5, 5.41) is 20.2. The smallest absolute Gasteiger partial charge is 0.129 e. The fourth-order valence-corrected chi connectivity index (χ4v) is 8.00. The largest absolute Gasteiger partial charge is 0.379 e. The van der Waals surface area contributed by atoms with Crippen LogP contribution in [0.1, 0.15) is 43.6 Å². The molecule has 12 heteroatoms. The van der Waals surface area contributed by atoms with Crippen LogP contribution in [0.2, 0.25) is 0 Å². The van der Waals surface area contributed by atoms with Crippen LogP contribution < -0.4 is 32.1 Å². The molecule has 4 bridgehead atoms. The van der Waals surface area contributed by atoms with Gasteiger partial charge in [0.05, 0.1) is 37.3 Å². The molecule has 6 saturated heterocycles. The van der Waals surface area contributed by atoms with Crippen LogP contribution in [0, 0.1) is 11.8 Å². The number of hydrogen-bond donors (Lipinski definition) is 6. The number of aromatic nitrogens is 1. The molecule has 12 nitrogen and oxygen atoms in total. The quantitative estimate of drug-likeness (QED) is 0.276. The highest BCUT2D eigenvalue weighted by Gasteiger charge is 2.49. The molecule has 0 amide bonds. The number of hydrogen-bond acceptors (Lipinski definition) is 11. The summed E-state index contributed by atoms with van der Waals surface area (Å²) in [7, 11) is 6.16. The van der Waals surface area contributed by atoms with E-state index in [9.17, 15) is 0 Å². The summed E-state index contributed by atoms with van der Waals surface area (Å²) in [5.74, 6) is 0.850. The van der Waals surface area contributed by atoms with E-state index in [2.05, 4.69) is 84.8 Å². The second-order valence-corrected chi connectivity index (χ2v) is 12.9. The van der Waals surface area contributed by atoms with Gasteiger partial charge in [-0.05, 0) is 44.9 Å². The number of piperidine rings is 1. The van der Waals surface area contributed by atoms with Gasteiger partial charge >= 0.3 is 0 Å². The van der Waals surface area contributed by atoms with Gasteiger partial charge in [0, 0.05) is 89.2 Å². The van der Waals surface area contributed by atoms with Gasteiger partial charge in [-0.2, -0.15) is 0 Å². The Morgan fingerprint density at radius 3 is 2.75 bits per heavy atom. The SMILES string of the molecule is COC1CN(Cc2ccc(C3NN4C5CC(NCC35)NC3CCNC(N3)C3CNN(C)C3OCC[C@@H]4C)n2C)C1. The van der Waals surface area contributed by atoms with Crippen LogP contribution in [0.3, 0.4) is 0 Å². The molecule has 7 rings (SSSR count). The van der Waals surface area contributed by atoms with Gasteiger partial charge in [-0.15, -0.1) is 0 Å². The summed E-state index contributed by atoms with van der Waals surface area (Å²) < 4.78 is 14.5. The first-order chi connectivity index (χ1) is 19.5. The van der Waals surface area contributed by atoms with Crippen LogP contribution in [0.15, 0.2) is 12.1 Å². The van der Waals surface area contributed by atoms with Gasteiger partial charge in [-0.25, -0.2) is 15.4 Å². The van der Waals surface area contributed by atoms with Crippen molar-refractivity contribution in [2.75, 3.05) is 53.5 Å². The zero-order valence-corrected chi connectivity index (χ0v) is 24.6. The molecule has 6 fully saturated rings. The topological polar surface area (TPSA) is 105 Å². The van der Waals surface area contributed by atoms with Gasteiger partial charge in [0.1, 0.15) is 6.23 Å². The van der Waals surface area contributed by atoms with Crippen LogP contribution >= 0.6 is 0 Å². The number of ether oxygens (including phenoxy) is 2. The van der Waals surface area contributed by atoms with Crippen molar-refractivity contribution in [3.05, 3.63) is 23.5 Å². The van der Waals surface area contributed by atoms with E-state index in [4.69, 9.17) is 9.47 Å². The first-order valence-electron chi connectivity index (χ1n) is 15.5. The zero-order valence-electron chi connectivity index (χ0n) is 24.6. The Morgan fingerprint density at radius 1 is 1.02 bits per heavy atom. The number of nitrogens with zero attached hydrogens (tertiary/aromatic N) is 4. The minimum atomic E-state index is 0.0518. The molecule has 0 spiro atoms. The summed E-state index contributed by atoms with van der Waals surface area (Å²) in [6, 6.07) is 5.79. The fourth-order valence-electron chi connectivity index (χ4n) is 8.00. The molecule has 6 aliphatic rings. The van der Waals surface area contributed by atoms with Crippen molar-refractivity contribution >= 4 is 0 Å². The standard InChI is InChI=1S/C28H50N10O2/c1-17-8-10-40-28-21(13-31-36(28)3)27-29-9-7-24(33-27)32-25-11-23-20(12-30-25)26(34-38(17)23)22-6-5-18(35(22)2)14-37-15-19(16-37)39-4/h5-6,17,19-21,23-34H,7-16H2,1-4H3/t17-,20?,21?,23?,24?,25?,26?,27?,28?/m0/s1. The van der Waals surface area contributed by atoms with Crippen LogP contribution in [0.5, 0.6) is 0 Å². The lowest BCUT2D eigenvalue weighted by Gasteiger charge is -2.43. The average molecular weight is 559 g/mol. The minimum Gasteiger partial charge on any atom is -0.379 e. The van der Waals surface area contributed by atoms with E-state index in [0.29, 0.717) is 30.0 Å². The highest BCUT2D eigenvalue weighted by atomic mass is 16.5. The number of methoxy groups -OCH3 is 1. The summed E-state index contributed by atoms with van der Waals surface area (Å²) >= 11 is 0. The molecule has 6 N–H and O–H groups in total. The van der Waals surface area contributed by atoms with Crippen LogP contribution in [0.4, 0.5) is 0 Å². The molecule has 0 radical (unpaired) electrons. The van der Waals surface area contributed by atoms with E-state index in [-0.39, 0.29) is 30.8 Å². The summed E-state index contributed by atoms with van der Waals surface area (Å²) in [5.41, 5.74) is 10.3. The first kappa shape index (κ1) is 27.7. The maximum atomic E-state index is 6.58. The highest BCUT2D eigenvalue weighted by molar-refractivity contribution is 5.23. The fraction of sp³-hybridized carbons (Fsp3) is 0.857. The predicted molar refractivity (Wildman–Crippen MR) is 152 cm³/mol. The lowest BCUT2D eigenvalue weighted by Crippen LogP contribution is -2.67. The molecule has 9 atom stereocenters. The third-order valence-electron chi connectivity index (χ3n) is 10.5. The summed E-state index contributed by atoms with van der Waals surface area (Å²) in [4.78, 5) is 2.47. The Bertz CT molecular complexity index is 1020. The van der Waals surface area contributed by atoms with E-state index in [1.165, 1.54) is 11.4 Å². The van der Waals surface area contributed by atoms with Gasteiger partial charge < -0.3 is 24.7 Å². The zero-order chi connectivity index (χ0) is 27.4. The molecule has 224 valence electrons. The third kappa shape index (κ3) is 5.15. The Balaban J connectivity index is 1.10. The molecule has 1 aromatic heterocycles. The maximum absolute atomic E-state index is 6.58. The van der Waals surface area contributed by atoms with Gasteiger partial charge in [0.15, 0.2) is 0 Å². The number of nitrogens with one attached hydrogen (secondary N) is 6. The Kier molecular flexibility index (Phi) is 7.95.